The molecule has 0 saturated carbocycles. The number of carbonyl (C=O) groups is 2. The lowest BCUT2D eigenvalue weighted by molar-refractivity contribution is -0.305. The molecule has 1 heterocycles. The largest absolute Gasteiger partial charge is 0.454 e. The van der Waals surface area contributed by atoms with Crippen molar-refractivity contribution in [3.05, 3.63) is 48.6 Å². The Hall–Kier alpha value is -2.38. The first kappa shape index (κ1) is 72.6. The molecular weight excluding hydrogens is 967 g/mol. The molecule has 0 aromatic rings. The number of esters is 1. The van der Waals surface area contributed by atoms with Crippen molar-refractivity contribution in [1.82, 2.24) is 5.32 Å². The molecule has 0 aromatic heterocycles. The Bertz CT molecular complexity index is 1440. The fourth-order valence-corrected chi connectivity index (χ4v) is 10.0. The summed E-state index contributed by atoms with van der Waals surface area (Å²) in [7, 11) is 0. The number of amides is 1. The third kappa shape index (κ3) is 42.2. The van der Waals surface area contributed by atoms with Crippen molar-refractivity contribution >= 4 is 11.9 Å². The third-order valence-electron chi connectivity index (χ3n) is 15.2. The van der Waals surface area contributed by atoms with Crippen LogP contribution in [0.3, 0.4) is 0 Å². The number of carbonyl (C=O) groups excluding carboxylic acids is 2. The zero-order valence-corrected chi connectivity index (χ0v) is 49.8. The van der Waals surface area contributed by atoms with Gasteiger partial charge in [0.05, 0.1) is 25.4 Å². The maximum absolute atomic E-state index is 13.4. The fourth-order valence-electron chi connectivity index (χ4n) is 10.0. The predicted molar refractivity (Wildman–Crippen MR) is 320 cm³/mol. The number of unbranched alkanes of at least 4 members (excludes halogenated alkanes) is 35. The maximum Gasteiger partial charge on any atom is 0.306 e. The number of aliphatic hydroxyl groups excluding tert-OH is 5. The number of hydrogen-bond donors (Lipinski definition) is 6. The van der Waals surface area contributed by atoms with Crippen molar-refractivity contribution < 1.29 is 49.3 Å². The van der Waals surface area contributed by atoms with Crippen LogP contribution in [0.2, 0.25) is 0 Å². The second-order valence-electron chi connectivity index (χ2n) is 22.5. The van der Waals surface area contributed by atoms with Crippen molar-refractivity contribution in [2.24, 2.45) is 0 Å². The summed E-state index contributed by atoms with van der Waals surface area (Å²) < 4.78 is 17.6. The summed E-state index contributed by atoms with van der Waals surface area (Å²) in [6, 6.07) is -1.02. The third-order valence-corrected chi connectivity index (χ3v) is 15.2. The predicted octanol–water partition coefficient (Wildman–Crippen LogP) is 15.6. The highest BCUT2D eigenvalue weighted by Crippen LogP contribution is 2.26. The summed E-state index contributed by atoms with van der Waals surface area (Å²) >= 11 is 0. The molecule has 1 fully saturated rings. The molecule has 1 rings (SSSR count). The van der Waals surface area contributed by atoms with Crippen LogP contribution in [-0.2, 0) is 23.8 Å². The van der Waals surface area contributed by atoms with E-state index in [1.807, 2.05) is 6.08 Å². The first-order valence-electron chi connectivity index (χ1n) is 32.4. The van der Waals surface area contributed by atoms with E-state index in [0.717, 1.165) is 83.5 Å². The Kier molecular flexibility index (Phi) is 51.1. The van der Waals surface area contributed by atoms with E-state index in [4.69, 9.17) is 14.2 Å². The molecule has 0 radical (unpaired) electrons. The standard InChI is InChI=1S/C66H121NO10/c1-4-7-10-13-16-19-22-24-25-26-27-28-29-30-31-32-33-34-36-39-41-44-47-50-53-59(70)65(74)67-57(58(69)52-49-46-43-40-38-35-23-20-17-14-11-8-5-2)56-75-66-64(63(73)62(72)60(55-68)76-66)77-61(71)54-51-48-45-42-37-21-18-15-12-9-6-3/h15-16,18-19,24-25,49,52,57-60,62-64,66,68-70,72-73H,4-14,17,20-23,26-48,50-51,53-56H2,1-3H3,(H,67,74)/b18-15-,19-16-,25-24-,52-49+. The van der Waals surface area contributed by atoms with Gasteiger partial charge in [-0.15, -0.1) is 0 Å². The van der Waals surface area contributed by atoms with Gasteiger partial charge in [0.15, 0.2) is 12.4 Å². The van der Waals surface area contributed by atoms with Crippen LogP contribution in [0.25, 0.3) is 0 Å². The lowest BCUT2D eigenvalue weighted by Gasteiger charge is -2.41. The van der Waals surface area contributed by atoms with Crippen LogP contribution < -0.4 is 5.32 Å². The van der Waals surface area contributed by atoms with E-state index >= 15 is 0 Å². The number of ether oxygens (including phenoxy) is 3. The van der Waals surface area contributed by atoms with Crippen molar-refractivity contribution in [1.29, 1.82) is 0 Å². The van der Waals surface area contributed by atoms with E-state index in [1.165, 1.54) is 167 Å². The van der Waals surface area contributed by atoms with Crippen molar-refractivity contribution in [2.45, 2.75) is 346 Å². The number of allylic oxidation sites excluding steroid dienone is 7. The Morgan fingerprint density at radius 2 is 0.909 bits per heavy atom. The van der Waals surface area contributed by atoms with E-state index in [9.17, 15) is 35.1 Å². The molecule has 1 amide bonds. The van der Waals surface area contributed by atoms with Gasteiger partial charge in [-0.1, -0.05) is 262 Å². The second-order valence-corrected chi connectivity index (χ2v) is 22.5. The van der Waals surface area contributed by atoms with Gasteiger partial charge in [-0.2, -0.15) is 0 Å². The Morgan fingerprint density at radius 1 is 0.506 bits per heavy atom. The lowest BCUT2D eigenvalue weighted by atomic mass is 9.99. The molecule has 6 N–H and O–H groups in total. The molecule has 450 valence electrons. The summed E-state index contributed by atoms with van der Waals surface area (Å²) in [5, 5.41) is 57.0. The summed E-state index contributed by atoms with van der Waals surface area (Å²) in [5.41, 5.74) is 0. The molecule has 8 atom stereocenters. The van der Waals surface area contributed by atoms with E-state index in [0.29, 0.717) is 19.3 Å². The highest BCUT2D eigenvalue weighted by Gasteiger charge is 2.47. The molecule has 77 heavy (non-hydrogen) atoms. The zero-order valence-electron chi connectivity index (χ0n) is 49.8. The summed E-state index contributed by atoms with van der Waals surface area (Å²) in [6.07, 6.45) is 55.9. The Morgan fingerprint density at radius 3 is 1.40 bits per heavy atom. The van der Waals surface area contributed by atoms with Gasteiger partial charge in [-0.05, 0) is 77.0 Å². The number of aliphatic hydroxyl groups is 5. The highest BCUT2D eigenvalue weighted by molar-refractivity contribution is 5.80. The Balaban J connectivity index is 2.60. The van der Waals surface area contributed by atoms with Crippen LogP contribution in [0.1, 0.15) is 297 Å². The van der Waals surface area contributed by atoms with Gasteiger partial charge in [0, 0.05) is 6.42 Å². The maximum atomic E-state index is 13.4. The quantitative estimate of drug-likeness (QED) is 0.0195. The van der Waals surface area contributed by atoms with Crippen LogP contribution >= 0.6 is 0 Å². The molecule has 0 spiro atoms. The van der Waals surface area contributed by atoms with Crippen LogP contribution in [-0.4, -0.2) is 99.6 Å². The SMILES string of the molecule is CCCC/C=C\CCCCCCCC(=O)OC1C(OCC(NC(=O)C(O)CCCCCCCCCCCCCCCC/C=C\C/C=C\CCCCC)C(O)/C=C/CCCCCCCCCCCCC)OC(CO)C(O)C1O. The van der Waals surface area contributed by atoms with Gasteiger partial charge in [0.1, 0.15) is 24.4 Å². The molecule has 1 saturated heterocycles. The minimum absolute atomic E-state index is 0.114. The van der Waals surface area contributed by atoms with Crippen LogP contribution in [0, 0.1) is 0 Å². The summed E-state index contributed by atoms with van der Waals surface area (Å²) in [5.74, 6) is -1.20. The van der Waals surface area contributed by atoms with Gasteiger partial charge in [0.25, 0.3) is 0 Å². The van der Waals surface area contributed by atoms with E-state index in [2.05, 4.69) is 62.5 Å². The zero-order chi connectivity index (χ0) is 56.1. The molecule has 0 aromatic carbocycles. The first-order chi connectivity index (χ1) is 37.7. The normalized spacial score (nSPS) is 19.3. The molecule has 1 aliphatic rings. The van der Waals surface area contributed by atoms with Crippen molar-refractivity contribution in [3.8, 4) is 0 Å². The number of rotatable bonds is 55. The monoisotopic (exact) mass is 1090 g/mol. The van der Waals surface area contributed by atoms with E-state index in [1.54, 1.807) is 6.08 Å². The molecule has 0 bridgehead atoms. The molecular formula is C66H121NO10. The number of nitrogens with one attached hydrogen (secondary N) is 1. The molecule has 11 nitrogen and oxygen atoms in total. The van der Waals surface area contributed by atoms with Crippen LogP contribution in [0.15, 0.2) is 48.6 Å². The Labute approximate surface area is 472 Å². The first-order valence-corrected chi connectivity index (χ1v) is 32.4. The van der Waals surface area contributed by atoms with Gasteiger partial charge in [-0.25, -0.2) is 0 Å². The topological polar surface area (TPSA) is 175 Å². The molecule has 0 aliphatic carbocycles. The molecule has 8 unspecified atom stereocenters. The van der Waals surface area contributed by atoms with Crippen LogP contribution in [0.4, 0.5) is 0 Å². The average molecular weight is 1090 g/mol. The van der Waals surface area contributed by atoms with Crippen molar-refractivity contribution in [3.63, 3.8) is 0 Å². The molecule has 1 aliphatic heterocycles. The fraction of sp³-hybridized carbons (Fsp3) is 0.848. The average Bonchev–Trinajstić information content (AvgIpc) is 3.44. The van der Waals surface area contributed by atoms with E-state index < -0.39 is 67.4 Å². The second kappa shape index (κ2) is 54.2. The molecule has 11 heteroatoms. The smallest absolute Gasteiger partial charge is 0.306 e. The minimum atomic E-state index is -1.61. The number of hydrogen-bond acceptors (Lipinski definition) is 10. The minimum Gasteiger partial charge on any atom is -0.454 e. The summed E-state index contributed by atoms with van der Waals surface area (Å²) in [4.78, 5) is 26.5. The van der Waals surface area contributed by atoms with Gasteiger partial charge >= 0.3 is 5.97 Å². The van der Waals surface area contributed by atoms with Gasteiger partial charge in [0.2, 0.25) is 5.91 Å². The highest BCUT2D eigenvalue weighted by atomic mass is 16.7. The summed E-state index contributed by atoms with van der Waals surface area (Å²) in [6.45, 7) is 5.73. The van der Waals surface area contributed by atoms with Crippen molar-refractivity contribution in [2.75, 3.05) is 13.2 Å². The van der Waals surface area contributed by atoms with Gasteiger partial charge in [-0.3, -0.25) is 9.59 Å². The van der Waals surface area contributed by atoms with Gasteiger partial charge < -0.3 is 45.1 Å². The van der Waals surface area contributed by atoms with E-state index in [-0.39, 0.29) is 13.0 Å². The lowest BCUT2D eigenvalue weighted by Crippen LogP contribution is -2.61. The van der Waals surface area contributed by atoms with Crippen LogP contribution in [0.5, 0.6) is 0 Å².